The molecule has 0 saturated carbocycles. The van der Waals surface area contributed by atoms with E-state index in [0.717, 1.165) is 47.9 Å². The zero-order chi connectivity index (χ0) is 36.3. The van der Waals surface area contributed by atoms with Gasteiger partial charge >= 0.3 is 11.9 Å². The fourth-order valence-electron chi connectivity index (χ4n) is 6.92. The summed E-state index contributed by atoms with van der Waals surface area (Å²) >= 11 is 0. The van der Waals surface area contributed by atoms with Crippen molar-refractivity contribution >= 4 is 11.9 Å². The minimum Gasteiger partial charge on any atom is -0.453 e. The third-order valence-electron chi connectivity index (χ3n) is 9.92. The molecule has 0 radical (unpaired) electrons. The van der Waals surface area contributed by atoms with Crippen molar-refractivity contribution in [2.45, 2.75) is 141 Å². The number of unbranched alkanes of at least 4 members (excludes halogenated alkanes) is 17. The first-order valence-electron chi connectivity index (χ1n) is 20.3. The van der Waals surface area contributed by atoms with Crippen LogP contribution in [-0.4, -0.2) is 11.9 Å². The van der Waals surface area contributed by atoms with E-state index in [4.69, 9.17) is 9.47 Å². The molecular formula is C48H62O4. The highest BCUT2D eigenvalue weighted by Crippen LogP contribution is 2.28. The zero-order valence-electron chi connectivity index (χ0n) is 31.5. The van der Waals surface area contributed by atoms with Gasteiger partial charge in [0.05, 0.1) is 0 Å². The minimum absolute atomic E-state index is 0.110. The topological polar surface area (TPSA) is 52.6 Å². The van der Waals surface area contributed by atoms with Crippen molar-refractivity contribution in [3.8, 4) is 0 Å². The largest absolute Gasteiger partial charge is 0.453 e. The molecule has 0 unspecified atom stereocenters. The number of carbonyl (C=O) groups is 2. The molecule has 4 aromatic carbocycles. The Balaban J connectivity index is 0.899. The van der Waals surface area contributed by atoms with E-state index in [1.54, 1.807) is 0 Å². The summed E-state index contributed by atoms with van der Waals surface area (Å²) in [5.74, 6) is -0.220. The molecule has 4 nitrogen and oxygen atoms in total. The monoisotopic (exact) mass is 702 g/mol. The van der Waals surface area contributed by atoms with Gasteiger partial charge in [0.15, 0.2) is 12.2 Å². The Kier molecular flexibility index (Phi) is 20.1. The minimum atomic E-state index is -0.345. The van der Waals surface area contributed by atoms with E-state index in [2.05, 4.69) is 0 Å². The van der Waals surface area contributed by atoms with Crippen LogP contribution in [0, 0.1) is 0 Å². The maximum Gasteiger partial charge on any atom is 0.306 e. The van der Waals surface area contributed by atoms with Gasteiger partial charge in [0.2, 0.25) is 0 Å². The lowest BCUT2D eigenvalue weighted by Gasteiger charge is -2.19. The van der Waals surface area contributed by atoms with Crippen molar-refractivity contribution in [1.29, 1.82) is 0 Å². The highest BCUT2D eigenvalue weighted by molar-refractivity contribution is 5.70. The second kappa shape index (κ2) is 25.7. The predicted octanol–water partition coefficient (Wildman–Crippen LogP) is 13.5. The molecule has 0 aliphatic heterocycles. The molecule has 0 atom stereocenters. The second-order valence-electron chi connectivity index (χ2n) is 14.2. The molecule has 0 amide bonds. The molecule has 0 N–H and O–H groups in total. The molecule has 0 fully saturated rings. The summed E-state index contributed by atoms with van der Waals surface area (Å²) in [6.45, 7) is 0. The van der Waals surface area contributed by atoms with Gasteiger partial charge < -0.3 is 9.47 Å². The van der Waals surface area contributed by atoms with Crippen molar-refractivity contribution in [2.75, 3.05) is 0 Å². The number of carbonyl (C=O) groups excluding carboxylic acids is 2. The van der Waals surface area contributed by atoms with E-state index in [-0.39, 0.29) is 24.1 Å². The van der Waals surface area contributed by atoms with Crippen LogP contribution in [0.2, 0.25) is 0 Å². The standard InChI is InChI=1S/C48H62O4/c49-45(51-47(41-31-21-17-22-32-41)42-33-23-18-24-34-42)39-29-15-13-11-9-7-5-3-1-2-4-6-8-10-12-14-16-30-40-46(50)52-48(43-35-25-19-26-36-43)44-37-27-20-28-38-44/h17-28,31-38,47-48H,1-16,29-30,39-40H2. The Labute approximate surface area is 314 Å². The van der Waals surface area contributed by atoms with Gasteiger partial charge in [0.25, 0.3) is 0 Å². The van der Waals surface area contributed by atoms with E-state index in [1.807, 2.05) is 121 Å². The second-order valence-corrected chi connectivity index (χ2v) is 14.2. The van der Waals surface area contributed by atoms with E-state index in [9.17, 15) is 9.59 Å². The SMILES string of the molecule is O=C(CCCCCCCCCCCCCCCCCCCCC(=O)OC(c1ccccc1)c1ccccc1)OC(c1ccccc1)c1ccccc1. The Morgan fingerprint density at radius 3 is 0.712 bits per heavy atom. The third kappa shape index (κ3) is 16.4. The van der Waals surface area contributed by atoms with Gasteiger partial charge in [-0.3, -0.25) is 9.59 Å². The van der Waals surface area contributed by atoms with Crippen LogP contribution in [0.5, 0.6) is 0 Å². The first-order valence-corrected chi connectivity index (χ1v) is 20.3. The van der Waals surface area contributed by atoms with Crippen LogP contribution >= 0.6 is 0 Å². The Bertz CT molecular complexity index is 1280. The molecule has 278 valence electrons. The van der Waals surface area contributed by atoms with Gasteiger partial charge in [-0.05, 0) is 35.1 Å². The molecule has 0 bridgehead atoms. The maximum atomic E-state index is 12.7. The molecule has 0 spiro atoms. The van der Waals surface area contributed by atoms with Crippen LogP contribution in [0.25, 0.3) is 0 Å². The third-order valence-corrected chi connectivity index (χ3v) is 9.92. The fourth-order valence-corrected chi connectivity index (χ4v) is 6.92. The first kappa shape index (κ1) is 40.6. The molecule has 0 aliphatic rings. The summed E-state index contributed by atoms with van der Waals surface area (Å²) in [5, 5.41) is 0. The van der Waals surface area contributed by atoms with Crippen LogP contribution in [-0.2, 0) is 19.1 Å². The van der Waals surface area contributed by atoms with Crippen LogP contribution in [0.1, 0.15) is 163 Å². The summed E-state index contributed by atoms with van der Waals surface area (Å²) in [5.41, 5.74) is 4.04. The zero-order valence-corrected chi connectivity index (χ0v) is 31.5. The molecule has 52 heavy (non-hydrogen) atoms. The first-order chi connectivity index (χ1) is 25.7. The van der Waals surface area contributed by atoms with Gasteiger partial charge in [0, 0.05) is 12.8 Å². The van der Waals surface area contributed by atoms with Crippen molar-refractivity contribution in [3.05, 3.63) is 144 Å². The molecule has 4 aromatic rings. The summed E-state index contributed by atoms with van der Waals surface area (Å²) in [4.78, 5) is 25.3. The lowest BCUT2D eigenvalue weighted by atomic mass is 10.0. The molecule has 0 heterocycles. The Morgan fingerprint density at radius 2 is 0.500 bits per heavy atom. The number of hydrogen-bond donors (Lipinski definition) is 0. The smallest absolute Gasteiger partial charge is 0.306 e. The number of ether oxygens (including phenoxy) is 2. The van der Waals surface area contributed by atoms with E-state index >= 15 is 0 Å². The van der Waals surface area contributed by atoms with Gasteiger partial charge in [-0.25, -0.2) is 0 Å². The van der Waals surface area contributed by atoms with E-state index < -0.39 is 0 Å². The van der Waals surface area contributed by atoms with Crippen molar-refractivity contribution < 1.29 is 19.1 Å². The summed E-state index contributed by atoms with van der Waals surface area (Å²) in [7, 11) is 0. The summed E-state index contributed by atoms with van der Waals surface area (Å²) in [6, 6.07) is 40.1. The Morgan fingerprint density at radius 1 is 0.308 bits per heavy atom. The molecule has 0 aromatic heterocycles. The molecular weight excluding hydrogens is 641 g/mol. The highest BCUT2D eigenvalue weighted by atomic mass is 16.5. The highest BCUT2D eigenvalue weighted by Gasteiger charge is 2.19. The van der Waals surface area contributed by atoms with Gasteiger partial charge in [0.1, 0.15) is 0 Å². The summed E-state index contributed by atoms with van der Waals surface area (Å²) < 4.78 is 11.9. The van der Waals surface area contributed by atoms with Crippen LogP contribution in [0.4, 0.5) is 0 Å². The summed E-state index contributed by atoms with van der Waals surface area (Å²) in [6.07, 6.45) is 22.6. The van der Waals surface area contributed by atoms with Crippen molar-refractivity contribution in [1.82, 2.24) is 0 Å². The fraction of sp³-hybridized carbons (Fsp3) is 0.458. The van der Waals surface area contributed by atoms with Crippen molar-refractivity contribution in [3.63, 3.8) is 0 Å². The van der Waals surface area contributed by atoms with Gasteiger partial charge in [-0.1, -0.05) is 224 Å². The average Bonchev–Trinajstić information content (AvgIpc) is 3.19. The van der Waals surface area contributed by atoms with E-state index in [0.29, 0.717) is 12.8 Å². The number of rotatable bonds is 27. The molecule has 0 saturated heterocycles. The average molecular weight is 703 g/mol. The van der Waals surface area contributed by atoms with Crippen LogP contribution in [0.15, 0.2) is 121 Å². The normalized spacial score (nSPS) is 11.2. The van der Waals surface area contributed by atoms with Crippen LogP contribution in [0.3, 0.4) is 0 Å². The molecule has 0 aliphatic carbocycles. The predicted molar refractivity (Wildman–Crippen MR) is 214 cm³/mol. The molecule has 4 heteroatoms. The Hall–Kier alpha value is -4.18. The number of benzene rings is 4. The maximum absolute atomic E-state index is 12.7. The van der Waals surface area contributed by atoms with E-state index in [1.165, 1.54) is 89.9 Å². The van der Waals surface area contributed by atoms with Gasteiger partial charge in [-0.2, -0.15) is 0 Å². The van der Waals surface area contributed by atoms with Gasteiger partial charge in [-0.15, -0.1) is 0 Å². The molecule has 4 rings (SSSR count). The quantitative estimate of drug-likeness (QED) is 0.0458. The van der Waals surface area contributed by atoms with Crippen molar-refractivity contribution in [2.24, 2.45) is 0 Å². The number of hydrogen-bond acceptors (Lipinski definition) is 4. The lowest BCUT2D eigenvalue weighted by Crippen LogP contribution is -2.12. The lowest BCUT2D eigenvalue weighted by molar-refractivity contribution is -0.148. The number of esters is 2. The van der Waals surface area contributed by atoms with Crippen LogP contribution < -0.4 is 0 Å².